The molecule has 0 heterocycles. The number of carbonyl (C=O) groups is 1. The molecule has 1 amide bonds. The Balaban J connectivity index is 2.44. The minimum atomic E-state index is -0.339. The van der Waals surface area contributed by atoms with Gasteiger partial charge in [0.15, 0.2) is 0 Å². The number of likely N-dealkylation sites (N-methyl/N-ethyl adjacent to an activating group) is 1. The highest BCUT2D eigenvalue weighted by Gasteiger charge is 2.07. The fourth-order valence-electron chi connectivity index (χ4n) is 1.30. The van der Waals surface area contributed by atoms with E-state index in [9.17, 15) is 9.18 Å². The average Bonchev–Trinajstić information content (AvgIpc) is 2.19. The van der Waals surface area contributed by atoms with E-state index in [4.69, 9.17) is 18.0 Å². The van der Waals surface area contributed by atoms with Gasteiger partial charge in [-0.15, -0.1) is 0 Å². The molecule has 1 rings (SSSR count). The normalized spacial score (nSPS) is 10.3. The molecule has 4 nitrogen and oxygen atoms in total. The van der Waals surface area contributed by atoms with Crippen LogP contribution in [0.2, 0.25) is 0 Å². The van der Waals surface area contributed by atoms with Gasteiger partial charge >= 0.3 is 0 Å². The van der Waals surface area contributed by atoms with Gasteiger partial charge < -0.3 is 11.1 Å². The van der Waals surface area contributed by atoms with Crippen LogP contribution in [0.15, 0.2) is 24.3 Å². The number of nitrogens with zero attached hydrogens (tertiary/aromatic N) is 1. The Hall–Kier alpha value is -1.53. The SMILES string of the molecule is CN(CC(=O)Nc1ccc(F)cc1)CC(N)=S. The first-order valence-electron chi connectivity index (χ1n) is 4.99. The molecule has 0 radical (unpaired) electrons. The van der Waals surface area contributed by atoms with Gasteiger partial charge in [-0.1, -0.05) is 12.2 Å². The summed E-state index contributed by atoms with van der Waals surface area (Å²) in [5, 5.41) is 2.64. The molecule has 0 bridgehead atoms. The Morgan fingerprint density at radius 1 is 1.41 bits per heavy atom. The zero-order valence-corrected chi connectivity index (χ0v) is 10.3. The highest BCUT2D eigenvalue weighted by molar-refractivity contribution is 7.80. The van der Waals surface area contributed by atoms with Crippen LogP contribution >= 0.6 is 12.2 Å². The standard InChI is InChI=1S/C11H14FN3OS/c1-15(6-10(13)17)7-11(16)14-9-4-2-8(12)3-5-9/h2-5H,6-7H2,1H3,(H2,13,17)(H,14,16). The van der Waals surface area contributed by atoms with Gasteiger partial charge in [-0.3, -0.25) is 9.69 Å². The Morgan fingerprint density at radius 2 is 2.00 bits per heavy atom. The quantitative estimate of drug-likeness (QED) is 0.770. The van der Waals surface area contributed by atoms with Gasteiger partial charge in [-0.25, -0.2) is 4.39 Å². The van der Waals surface area contributed by atoms with Crippen LogP contribution < -0.4 is 11.1 Å². The van der Waals surface area contributed by atoms with E-state index in [0.717, 1.165) is 0 Å². The van der Waals surface area contributed by atoms with E-state index in [0.29, 0.717) is 17.2 Å². The van der Waals surface area contributed by atoms with Crippen molar-refractivity contribution >= 4 is 28.8 Å². The first-order chi connectivity index (χ1) is 7.97. The number of amides is 1. The number of carbonyl (C=O) groups excluding carboxylic acids is 1. The number of nitrogens with two attached hydrogens (primary N) is 1. The lowest BCUT2D eigenvalue weighted by Crippen LogP contribution is -2.35. The van der Waals surface area contributed by atoms with Crippen molar-refractivity contribution in [3.63, 3.8) is 0 Å². The first-order valence-corrected chi connectivity index (χ1v) is 5.40. The largest absolute Gasteiger partial charge is 0.392 e. The van der Waals surface area contributed by atoms with Gasteiger partial charge in [-0.2, -0.15) is 0 Å². The van der Waals surface area contributed by atoms with Gasteiger partial charge in [-0.05, 0) is 31.3 Å². The summed E-state index contributed by atoms with van der Waals surface area (Å²) in [5.41, 5.74) is 5.91. The molecule has 1 aromatic carbocycles. The smallest absolute Gasteiger partial charge is 0.238 e. The van der Waals surface area contributed by atoms with Crippen LogP contribution in [-0.4, -0.2) is 35.9 Å². The Labute approximate surface area is 105 Å². The summed E-state index contributed by atoms with van der Waals surface area (Å²) in [6.07, 6.45) is 0. The Bertz CT molecular complexity index is 408. The van der Waals surface area contributed by atoms with Gasteiger partial charge in [0.2, 0.25) is 5.91 Å². The number of hydrogen-bond donors (Lipinski definition) is 2. The van der Waals surface area contributed by atoms with E-state index >= 15 is 0 Å². The lowest BCUT2D eigenvalue weighted by atomic mass is 10.3. The van der Waals surface area contributed by atoms with Crippen LogP contribution in [0.4, 0.5) is 10.1 Å². The second-order valence-corrected chi connectivity index (χ2v) is 4.22. The molecule has 0 saturated carbocycles. The van der Waals surface area contributed by atoms with E-state index in [-0.39, 0.29) is 18.3 Å². The molecule has 1 aromatic rings. The number of benzene rings is 1. The zero-order chi connectivity index (χ0) is 12.8. The van der Waals surface area contributed by atoms with Crippen molar-refractivity contribution in [2.45, 2.75) is 0 Å². The highest BCUT2D eigenvalue weighted by Crippen LogP contribution is 2.07. The van der Waals surface area contributed by atoms with Gasteiger partial charge in [0, 0.05) is 12.2 Å². The molecule has 3 N–H and O–H groups in total. The van der Waals surface area contributed by atoms with Crippen molar-refractivity contribution in [1.82, 2.24) is 4.90 Å². The molecule has 0 aliphatic rings. The van der Waals surface area contributed by atoms with E-state index < -0.39 is 0 Å². The van der Waals surface area contributed by atoms with E-state index in [1.54, 1.807) is 11.9 Å². The van der Waals surface area contributed by atoms with Gasteiger partial charge in [0.25, 0.3) is 0 Å². The number of rotatable bonds is 5. The third-order valence-corrected chi connectivity index (χ3v) is 2.10. The molecule has 92 valence electrons. The molecule has 0 fully saturated rings. The maximum atomic E-state index is 12.6. The van der Waals surface area contributed by atoms with Crippen LogP contribution in [0, 0.1) is 5.82 Å². The molecule has 0 aliphatic carbocycles. The lowest BCUT2D eigenvalue weighted by molar-refractivity contribution is -0.116. The second kappa shape index (κ2) is 6.27. The third kappa shape index (κ3) is 5.37. The molecule has 0 aliphatic heterocycles. The van der Waals surface area contributed by atoms with Crippen molar-refractivity contribution in [3.05, 3.63) is 30.1 Å². The molecule has 17 heavy (non-hydrogen) atoms. The van der Waals surface area contributed by atoms with Crippen LogP contribution in [0.25, 0.3) is 0 Å². The number of thiocarbonyl (C=S) groups is 1. The lowest BCUT2D eigenvalue weighted by Gasteiger charge is -2.15. The maximum absolute atomic E-state index is 12.6. The summed E-state index contributed by atoms with van der Waals surface area (Å²) in [6.45, 7) is 0.556. The number of hydrogen-bond acceptors (Lipinski definition) is 3. The summed E-state index contributed by atoms with van der Waals surface area (Å²) in [6, 6.07) is 5.57. The predicted molar refractivity (Wildman–Crippen MR) is 69.3 cm³/mol. The first kappa shape index (κ1) is 13.5. The molecular formula is C11H14FN3OS. The Kier molecular flexibility index (Phi) is 4.99. The number of halogens is 1. The molecule has 0 unspecified atom stereocenters. The zero-order valence-electron chi connectivity index (χ0n) is 9.44. The fourth-order valence-corrected chi connectivity index (χ4v) is 1.52. The molecule has 0 saturated heterocycles. The highest BCUT2D eigenvalue weighted by atomic mass is 32.1. The monoisotopic (exact) mass is 255 g/mol. The van der Waals surface area contributed by atoms with Crippen LogP contribution in [0.3, 0.4) is 0 Å². The maximum Gasteiger partial charge on any atom is 0.238 e. The number of anilines is 1. The van der Waals surface area contributed by atoms with Gasteiger partial charge in [0.05, 0.1) is 11.5 Å². The van der Waals surface area contributed by atoms with E-state index in [1.165, 1.54) is 24.3 Å². The average molecular weight is 255 g/mol. The third-order valence-electron chi connectivity index (χ3n) is 1.97. The summed E-state index contributed by atoms with van der Waals surface area (Å²) in [4.78, 5) is 13.6. The molecule has 0 spiro atoms. The molecule has 0 atom stereocenters. The summed E-state index contributed by atoms with van der Waals surface area (Å²) in [5.74, 6) is -0.538. The minimum absolute atomic E-state index is 0.175. The second-order valence-electron chi connectivity index (χ2n) is 3.69. The molecule has 6 heteroatoms. The molecule has 0 aromatic heterocycles. The van der Waals surface area contributed by atoms with Gasteiger partial charge in [0.1, 0.15) is 5.82 Å². The Morgan fingerprint density at radius 3 is 2.53 bits per heavy atom. The van der Waals surface area contributed by atoms with E-state index in [2.05, 4.69) is 5.32 Å². The van der Waals surface area contributed by atoms with Crippen molar-refractivity contribution in [3.8, 4) is 0 Å². The predicted octanol–water partition coefficient (Wildman–Crippen LogP) is 0.982. The van der Waals surface area contributed by atoms with Crippen LogP contribution in [0.1, 0.15) is 0 Å². The van der Waals surface area contributed by atoms with Crippen molar-refractivity contribution in [2.75, 3.05) is 25.5 Å². The summed E-state index contributed by atoms with van der Waals surface area (Å²) < 4.78 is 12.6. The van der Waals surface area contributed by atoms with Crippen molar-refractivity contribution in [1.29, 1.82) is 0 Å². The topological polar surface area (TPSA) is 58.4 Å². The van der Waals surface area contributed by atoms with Crippen LogP contribution in [0.5, 0.6) is 0 Å². The molecular weight excluding hydrogens is 241 g/mol. The van der Waals surface area contributed by atoms with Crippen molar-refractivity contribution in [2.24, 2.45) is 5.73 Å². The summed E-state index contributed by atoms with van der Waals surface area (Å²) in [7, 11) is 1.74. The number of nitrogens with one attached hydrogen (secondary N) is 1. The summed E-state index contributed by atoms with van der Waals surface area (Å²) >= 11 is 4.73. The van der Waals surface area contributed by atoms with Crippen molar-refractivity contribution < 1.29 is 9.18 Å². The minimum Gasteiger partial charge on any atom is -0.392 e. The van der Waals surface area contributed by atoms with E-state index in [1.807, 2.05) is 0 Å². The fraction of sp³-hybridized carbons (Fsp3) is 0.273. The van der Waals surface area contributed by atoms with Crippen LogP contribution in [-0.2, 0) is 4.79 Å².